The van der Waals surface area contributed by atoms with Gasteiger partial charge in [0.05, 0.1) is 0 Å². The largest absolute Gasteiger partial charge is 0.427 e. The molecule has 0 unspecified atom stereocenters. The van der Waals surface area contributed by atoms with Crippen molar-refractivity contribution in [3.05, 3.63) is 33.4 Å². The molecule has 0 saturated carbocycles. The van der Waals surface area contributed by atoms with Crippen LogP contribution in [0.2, 0.25) is 0 Å². The first-order chi connectivity index (χ1) is 13.0. The molecule has 1 aromatic heterocycles. The number of hydrogen-bond donors (Lipinski definition) is 0. The molecule has 0 aromatic carbocycles. The van der Waals surface area contributed by atoms with Gasteiger partial charge in [0, 0.05) is 25.6 Å². The lowest BCUT2D eigenvalue weighted by molar-refractivity contribution is 0.0585. The number of aryl methyl sites for hydroxylation is 2. The third-order valence-electron chi connectivity index (χ3n) is 6.04. The molecule has 3 rings (SSSR count). The molecule has 0 aliphatic carbocycles. The maximum Gasteiger partial charge on any atom is 0.349 e. The van der Waals surface area contributed by atoms with Gasteiger partial charge < -0.3 is 14.2 Å². The fourth-order valence-corrected chi connectivity index (χ4v) is 4.36. The standard InChI is InChI=1S/C22H34N2O3/c1-16(2)7-8-19-15-17(3)20(22(26)27-19)21(25)24-13-9-18(10-14-24)23-11-5-4-6-12-23/h15-16,18H,4-14H2,1-3H3. The van der Waals surface area contributed by atoms with Crippen molar-refractivity contribution >= 4 is 5.91 Å². The van der Waals surface area contributed by atoms with Crippen LogP contribution in [0.3, 0.4) is 0 Å². The zero-order valence-electron chi connectivity index (χ0n) is 17.1. The van der Waals surface area contributed by atoms with Crippen molar-refractivity contribution in [2.45, 2.75) is 71.8 Å². The summed E-state index contributed by atoms with van der Waals surface area (Å²) in [5.41, 5.74) is 0.491. The Bertz CT molecular complexity index is 696. The maximum absolute atomic E-state index is 13.0. The second kappa shape index (κ2) is 9.05. The van der Waals surface area contributed by atoms with Gasteiger partial charge in [-0.15, -0.1) is 0 Å². The Labute approximate surface area is 162 Å². The molecule has 2 aliphatic rings. The zero-order valence-corrected chi connectivity index (χ0v) is 17.1. The van der Waals surface area contributed by atoms with Gasteiger partial charge in [-0.25, -0.2) is 4.79 Å². The van der Waals surface area contributed by atoms with Crippen LogP contribution in [0.25, 0.3) is 0 Å². The monoisotopic (exact) mass is 374 g/mol. The molecular formula is C22H34N2O3. The summed E-state index contributed by atoms with van der Waals surface area (Å²) in [6.07, 6.45) is 7.65. The summed E-state index contributed by atoms with van der Waals surface area (Å²) in [5, 5.41) is 0. The van der Waals surface area contributed by atoms with Crippen LogP contribution in [0.1, 0.15) is 74.1 Å². The highest BCUT2D eigenvalue weighted by molar-refractivity contribution is 5.95. The van der Waals surface area contributed by atoms with E-state index in [-0.39, 0.29) is 11.5 Å². The van der Waals surface area contributed by atoms with Crippen LogP contribution < -0.4 is 5.63 Å². The summed E-state index contributed by atoms with van der Waals surface area (Å²) >= 11 is 0. The number of carbonyl (C=O) groups is 1. The third-order valence-corrected chi connectivity index (χ3v) is 6.04. The first-order valence-electron chi connectivity index (χ1n) is 10.6. The van der Waals surface area contributed by atoms with Crippen molar-refractivity contribution in [2.75, 3.05) is 26.2 Å². The lowest BCUT2D eigenvalue weighted by Gasteiger charge is -2.40. The van der Waals surface area contributed by atoms with Crippen molar-refractivity contribution in [2.24, 2.45) is 5.92 Å². The summed E-state index contributed by atoms with van der Waals surface area (Å²) in [6, 6.07) is 2.46. The Balaban J connectivity index is 1.63. The molecule has 2 saturated heterocycles. The van der Waals surface area contributed by atoms with E-state index in [1.54, 1.807) is 0 Å². The topological polar surface area (TPSA) is 53.8 Å². The van der Waals surface area contributed by atoms with E-state index in [1.807, 2.05) is 17.9 Å². The zero-order chi connectivity index (χ0) is 19.4. The van der Waals surface area contributed by atoms with E-state index in [2.05, 4.69) is 18.7 Å². The van der Waals surface area contributed by atoms with Gasteiger partial charge in [0.15, 0.2) is 0 Å². The van der Waals surface area contributed by atoms with E-state index >= 15 is 0 Å². The summed E-state index contributed by atoms with van der Waals surface area (Å²) in [6.45, 7) is 10.00. The van der Waals surface area contributed by atoms with Crippen LogP contribution in [0.15, 0.2) is 15.3 Å². The van der Waals surface area contributed by atoms with E-state index < -0.39 is 5.63 Å². The molecule has 1 amide bonds. The molecule has 1 aromatic rings. The molecule has 2 aliphatic heterocycles. The summed E-state index contributed by atoms with van der Waals surface area (Å²) in [7, 11) is 0. The normalized spacial score (nSPS) is 19.6. The van der Waals surface area contributed by atoms with E-state index in [4.69, 9.17) is 4.42 Å². The van der Waals surface area contributed by atoms with Crippen LogP contribution in [-0.4, -0.2) is 47.9 Å². The van der Waals surface area contributed by atoms with E-state index in [0.717, 1.165) is 44.3 Å². The molecule has 0 atom stereocenters. The predicted molar refractivity (Wildman–Crippen MR) is 107 cm³/mol. The molecule has 27 heavy (non-hydrogen) atoms. The minimum atomic E-state index is -0.475. The van der Waals surface area contributed by atoms with Crippen molar-refractivity contribution in [1.29, 1.82) is 0 Å². The van der Waals surface area contributed by atoms with Crippen LogP contribution in [0.4, 0.5) is 0 Å². The van der Waals surface area contributed by atoms with Gasteiger partial charge in [-0.2, -0.15) is 0 Å². The second-order valence-corrected chi connectivity index (χ2v) is 8.61. The number of carbonyl (C=O) groups excluding carboxylic acids is 1. The lowest BCUT2D eigenvalue weighted by Crippen LogP contribution is -2.48. The Morgan fingerprint density at radius 2 is 1.81 bits per heavy atom. The lowest BCUT2D eigenvalue weighted by atomic mass is 9.99. The minimum absolute atomic E-state index is 0.159. The summed E-state index contributed by atoms with van der Waals surface area (Å²) < 4.78 is 5.46. The number of nitrogens with zero attached hydrogens (tertiary/aromatic N) is 2. The van der Waals surface area contributed by atoms with Crippen LogP contribution in [-0.2, 0) is 6.42 Å². The average Bonchev–Trinajstić information content (AvgIpc) is 2.66. The van der Waals surface area contributed by atoms with E-state index in [0.29, 0.717) is 17.7 Å². The Hall–Kier alpha value is -1.62. The fraction of sp³-hybridized carbons (Fsp3) is 0.727. The molecule has 0 bridgehead atoms. The molecule has 0 spiro atoms. The molecule has 5 heteroatoms. The molecule has 2 fully saturated rings. The summed E-state index contributed by atoms with van der Waals surface area (Å²) in [4.78, 5) is 29.9. The van der Waals surface area contributed by atoms with Crippen molar-refractivity contribution in [3.63, 3.8) is 0 Å². The average molecular weight is 375 g/mol. The molecule has 0 radical (unpaired) electrons. The smallest absolute Gasteiger partial charge is 0.349 e. The van der Waals surface area contributed by atoms with E-state index in [1.165, 1.54) is 32.4 Å². The van der Waals surface area contributed by atoms with Gasteiger partial charge in [0.2, 0.25) is 0 Å². The Morgan fingerprint density at radius 3 is 2.41 bits per heavy atom. The third kappa shape index (κ3) is 5.01. The highest BCUT2D eigenvalue weighted by Gasteiger charge is 2.30. The number of likely N-dealkylation sites (tertiary alicyclic amines) is 2. The quantitative estimate of drug-likeness (QED) is 0.790. The van der Waals surface area contributed by atoms with Gasteiger partial charge in [0.25, 0.3) is 5.91 Å². The molecule has 5 nitrogen and oxygen atoms in total. The van der Waals surface area contributed by atoms with Crippen molar-refractivity contribution < 1.29 is 9.21 Å². The van der Waals surface area contributed by atoms with Gasteiger partial charge in [-0.3, -0.25) is 4.79 Å². The van der Waals surface area contributed by atoms with Crippen molar-refractivity contribution in [1.82, 2.24) is 9.80 Å². The Morgan fingerprint density at radius 1 is 1.15 bits per heavy atom. The van der Waals surface area contributed by atoms with Crippen LogP contribution >= 0.6 is 0 Å². The van der Waals surface area contributed by atoms with Crippen LogP contribution in [0.5, 0.6) is 0 Å². The number of amides is 1. The molecular weight excluding hydrogens is 340 g/mol. The van der Waals surface area contributed by atoms with Gasteiger partial charge >= 0.3 is 5.63 Å². The molecule has 0 N–H and O–H groups in total. The fourth-order valence-electron chi connectivity index (χ4n) is 4.36. The molecule has 150 valence electrons. The highest BCUT2D eigenvalue weighted by atomic mass is 16.4. The maximum atomic E-state index is 13.0. The SMILES string of the molecule is Cc1cc(CCC(C)C)oc(=O)c1C(=O)N1CCC(N2CCCCC2)CC1. The highest BCUT2D eigenvalue weighted by Crippen LogP contribution is 2.22. The number of piperidine rings is 2. The first-order valence-corrected chi connectivity index (χ1v) is 10.6. The second-order valence-electron chi connectivity index (χ2n) is 8.61. The van der Waals surface area contributed by atoms with E-state index in [9.17, 15) is 9.59 Å². The number of rotatable bonds is 5. The van der Waals surface area contributed by atoms with Crippen LogP contribution in [0, 0.1) is 12.8 Å². The summed E-state index contributed by atoms with van der Waals surface area (Å²) in [5.74, 6) is 1.08. The predicted octanol–water partition coefficient (Wildman–Crippen LogP) is 3.63. The Kier molecular flexibility index (Phi) is 6.74. The first kappa shape index (κ1) is 20.1. The minimum Gasteiger partial charge on any atom is -0.427 e. The number of hydrogen-bond acceptors (Lipinski definition) is 4. The van der Waals surface area contributed by atoms with Crippen molar-refractivity contribution in [3.8, 4) is 0 Å². The van der Waals surface area contributed by atoms with Gasteiger partial charge in [0.1, 0.15) is 11.3 Å². The molecule has 3 heterocycles. The van der Waals surface area contributed by atoms with Gasteiger partial charge in [-0.05, 0) is 69.7 Å². The van der Waals surface area contributed by atoms with Gasteiger partial charge in [-0.1, -0.05) is 20.3 Å².